The second-order valence-electron chi connectivity index (χ2n) is 4.61. The number of nitrogens with zero attached hydrogens (tertiary/aromatic N) is 1. The summed E-state index contributed by atoms with van der Waals surface area (Å²) in [5, 5.41) is 3.38. The van der Waals surface area contributed by atoms with Gasteiger partial charge in [0.05, 0.1) is 22.1 Å². The predicted octanol–water partition coefficient (Wildman–Crippen LogP) is 3.40. The third-order valence-electron chi connectivity index (χ3n) is 2.63. The van der Waals surface area contributed by atoms with Crippen molar-refractivity contribution in [2.75, 3.05) is 0 Å². The molecular formula is C13H15ClN2O2S2. The predicted molar refractivity (Wildman–Crippen MR) is 81.7 cm³/mol. The molecule has 20 heavy (non-hydrogen) atoms. The Morgan fingerprint density at radius 1 is 1.30 bits per heavy atom. The van der Waals surface area contributed by atoms with E-state index in [-0.39, 0.29) is 11.4 Å². The van der Waals surface area contributed by atoms with E-state index in [1.807, 2.05) is 5.38 Å². The van der Waals surface area contributed by atoms with Gasteiger partial charge in [0.1, 0.15) is 0 Å². The number of rotatable bonds is 5. The molecule has 7 heteroatoms. The van der Waals surface area contributed by atoms with E-state index in [2.05, 4.69) is 23.6 Å². The summed E-state index contributed by atoms with van der Waals surface area (Å²) in [6.07, 6.45) is 0. The normalized spacial score (nSPS) is 12.0. The van der Waals surface area contributed by atoms with E-state index in [0.717, 1.165) is 10.7 Å². The maximum Gasteiger partial charge on any atom is 0.240 e. The lowest BCUT2D eigenvalue weighted by Crippen LogP contribution is -2.23. The zero-order valence-electron chi connectivity index (χ0n) is 11.1. The highest BCUT2D eigenvalue weighted by Gasteiger charge is 2.14. The number of halogens is 1. The van der Waals surface area contributed by atoms with Crippen LogP contribution in [-0.2, 0) is 16.6 Å². The molecule has 0 aliphatic carbocycles. The summed E-state index contributed by atoms with van der Waals surface area (Å²) in [5.41, 5.74) is 0.733. The summed E-state index contributed by atoms with van der Waals surface area (Å²) in [5.74, 6) is 0.349. The van der Waals surface area contributed by atoms with Gasteiger partial charge in [0, 0.05) is 16.3 Å². The first-order valence-electron chi connectivity index (χ1n) is 6.08. The van der Waals surface area contributed by atoms with Gasteiger partial charge in [-0.3, -0.25) is 0 Å². The monoisotopic (exact) mass is 330 g/mol. The van der Waals surface area contributed by atoms with Crippen LogP contribution in [0.2, 0.25) is 5.02 Å². The molecule has 0 amide bonds. The molecule has 0 saturated heterocycles. The highest BCUT2D eigenvalue weighted by Crippen LogP contribution is 2.19. The van der Waals surface area contributed by atoms with Crippen LogP contribution in [0, 0.1) is 0 Å². The molecule has 0 bridgehead atoms. The molecule has 0 radical (unpaired) electrons. The Balaban J connectivity index is 2.07. The highest BCUT2D eigenvalue weighted by molar-refractivity contribution is 7.89. The molecule has 2 aromatic rings. The summed E-state index contributed by atoms with van der Waals surface area (Å²) in [6, 6.07) is 6.06. The molecule has 0 aliphatic heterocycles. The Labute approximate surface area is 127 Å². The number of benzene rings is 1. The minimum Gasteiger partial charge on any atom is -0.245 e. The molecule has 0 fully saturated rings. The maximum atomic E-state index is 12.1. The van der Waals surface area contributed by atoms with E-state index in [1.165, 1.54) is 12.1 Å². The highest BCUT2D eigenvalue weighted by atomic mass is 35.5. The number of thiazole rings is 1. The summed E-state index contributed by atoms with van der Waals surface area (Å²) in [4.78, 5) is 4.59. The largest absolute Gasteiger partial charge is 0.245 e. The van der Waals surface area contributed by atoms with Crippen LogP contribution in [0.25, 0.3) is 0 Å². The quantitative estimate of drug-likeness (QED) is 0.914. The number of nitrogens with one attached hydrogen (secondary N) is 1. The average Bonchev–Trinajstić information content (AvgIpc) is 2.86. The van der Waals surface area contributed by atoms with Gasteiger partial charge in [-0.05, 0) is 24.3 Å². The second-order valence-corrected chi connectivity index (χ2v) is 7.70. The second kappa shape index (κ2) is 6.22. The van der Waals surface area contributed by atoms with Crippen LogP contribution >= 0.6 is 22.9 Å². The first-order valence-corrected chi connectivity index (χ1v) is 8.82. The average molecular weight is 331 g/mol. The van der Waals surface area contributed by atoms with E-state index < -0.39 is 10.0 Å². The standard InChI is InChI=1S/C13H15ClN2O2S2/c1-9(2)13-16-11(8-19-13)7-15-20(17,18)12-5-3-10(14)4-6-12/h3-6,8-9,15H,7H2,1-2H3. The molecule has 0 saturated carbocycles. The summed E-state index contributed by atoms with van der Waals surface area (Å²) >= 11 is 7.29. The molecule has 1 heterocycles. The Morgan fingerprint density at radius 3 is 2.50 bits per heavy atom. The van der Waals surface area contributed by atoms with Crippen LogP contribution in [-0.4, -0.2) is 13.4 Å². The van der Waals surface area contributed by atoms with Gasteiger partial charge in [0.15, 0.2) is 0 Å². The zero-order valence-corrected chi connectivity index (χ0v) is 13.5. The van der Waals surface area contributed by atoms with Crippen molar-refractivity contribution in [2.24, 2.45) is 0 Å². The third-order valence-corrected chi connectivity index (χ3v) is 5.49. The lowest BCUT2D eigenvalue weighted by Gasteiger charge is -2.05. The van der Waals surface area contributed by atoms with Gasteiger partial charge in [0.2, 0.25) is 10.0 Å². The van der Waals surface area contributed by atoms with Crippen molar-refractivity contribution in [2.45, 2.75) is 31.2 Å². The van der Waals surface area contributed by atoms with Crippen molar-refractivity contribution < 1.29 is 8.42 Å². The first kappa shape index (κ1) is 15.4. The molecule has 1 N–H and O–H groups in total. The van der Waals surface area contributed by atoms with Crippen molar-refractivity contribution in [3.63, 3.8) is 0 Å². The van der Waals surface area contributed by atoms with Gasteiger partial charge in [-0.25, -0.2) is 18.1 Å². The van der Waals surface area contributed by atoms with Crippen LogP contribution in [0.3, 0.4) is 0 Å². The Hall–Kier alpha value is -0.950. The van der Waals surface area contributed by atoms with E-state index in [4.69, 9.17) is 11.6 Å². The Bertz CT molecular complexity index is 679. The van der Waals surface area contributed by atoms with Crippen LogP contribution in [0.5, 0.6) is 0 Å². The fourth-order valence-corrected chi connectivity index (χ4v) is 3.49. The topological polar surface area (TPSA) is 59.1 Å². The zero-order chi connectivity index (χ0) is 14.8. The molecule has 0 atom stereocenters. The molecule has 0 unspecified atom stereocenters. The van der Waals surface area contributed by atoms with E-state index in [1.54, 1.807) is 23.5 Å². The Morgan fingerprint density at radius 2 is 1.95 bits per heavy atom. The van der Waals surface area contributed by atoms with Crippen molar-refractivity contribution in [3.05, 3.63) is 45.4 Å². The van der Waals surface area contributed by atoms with Gasteiger partial charge in [-0.2, -0.15) is 0 Å². The molecule has 2 rings (SSSR count). The van der Waals surface area contributed by atoms with Crippen LogP contribution in [0.1, 0.15) is 30.5 Å². The van der Waals surface area contributed by atoms with Gasteiger partial charge in [-0.1, -0.05) is 25.4 Å². The fraction of sp³-hybridized carbons (Fsp3) is 0.308. The summed E-state index contributed by atoms with van der Waals surface area (Å²) < 4.78 is 26.7. The lowest BCUT2D eigenvalue weighted by atomic mass is 10.2. The van der Waals surface area contributed by atoms with Crippen molar-refractivity contribution in [1.29, 1.82) is 0 Å². The van der Waals surface area contributed by atoms with Crippen molar-refractivity contribution in [1.82, 2.24) is 9.71 Å². The van der Waals surface area contributed by atoms with Crippen LogP contribution in [0.4, 0.5) is 0 Å². The van der Waals surface area contributed by atoms with Crippen molar-refractivity contribution >= 4 is 33.0 Å². The number of hydrogen-bond donors (Lipinski definition) is 1. The SMILES string of the molecule is CC(C)c1nc(CNS(=O)(=O)c2ccc(Cl)cc2)cs1. The van der Waals surface area contributed by atoms with E-state index in [9.17, 15) is 8.42 Å². The minimum absolute atomic E-state index is 0.189. The molecule has 1 aromatic carbocycles. The summed E-state index contributed by atoms with van der Waals surface area (Å²) in [7, 11) is -3.53. The molecule has 4 nitrogen and oxygen atoms in total. The van der Waals surface area contributed by atoms with Crippen LogP contribution in [0.15, 0.2) is 34.5 Å². The Kier molecular flexibility index (Phi) is 4.80. The lowest BCUT2D eigenvalue weighted by molar-refractivity contribution is 0.580. The smallest absolute Gasteiger partial charge is 0.240 e. The van der Waals surface area contributed by atoms with E-state index in [0.29, 0.717) is 10.9 Å². The van der Waals surface area contributed by atoms with Gasteiger partial charge < -0.3 is 0 Å². The molecule has 1 aromatic heterocycles. The molecular weight excluding hydrogens is 316 g/mol. The fourth-order valence-electron chi connectivity index (χ4n) is 1.54. The van der Waals surface area contributed by atoms with Gasteiger partial charge in [0.25, 0.3) is 0 Å². The number of hydrogen-bond acceptors (Lipinski definition) is 4. The molecule has 0 aliphatic rings. The maximum absolute atomic E-state index is 12.1. The van der Waals surface area contributed by atoms with Gasteiger partial charge in [-0.15, -0.1) is 11.3 Å². The first-order chi connectivity index (χ1) is 9.38. The number of sulfonamides is 1. The van der Waals surface area contributed by atoms with Crippen LogP contribution < -0.4 is 4.72 Å². The summed E-state index contributed by atoms with van der Waals surface area (Å²) in [6.45, 7) is 4.30. The molecule has 108 valence electrons. The van der Waals surface area contributed by atoms with Crippen molar-refractivity contribution in [3.8, 4) is 0 Å². The van der Waals surface area contributed by atoms with Gasteiger partial charge >= 0.3 is 0 Å². The van der Waals surface area contributed by atoms with E-state index >= 15 is 0 Å². The number of aromatic nitrogens is 1. The third kappa shape index (κ3) is 3.79. The molecule has 0 spiro atoms. The minimum atomic E-state index is -3.53.